The van der Waals surface area contributed by atoms with Crippen LogP contribution < -0.4 is 16.0 Å². The van der Waals surface area contributed by atoms with Crippen molar-refractivity contribution in [3.8, 4) is 0 Å². The highest BCUT2D eigenvalue weighted by atomic mass is 16.2. The van der Waals surface area contributed by atoms with Gasteiger partial charge in [-0.05, 0) is 18.4 Å². The average Bonchev–Trinajstić information content (AvgIpc) is 2.90. The summed E-state index contributed by atoms with van der Waals surface area (Å²) in [5, 5.41) is 8.72. The second-order valence-electron chi connectivity index (χ2n) is 6.19. The van der Waals surface area contributed by atoms with Gasteiger partial charge in [0.2, 0.25) is 5.91 Å². The molecule has 0 aromatic heterocycles. The molecule has 2 aliphatic rings. The molecule has 1 aromatic rings. The zero-order valence-corrected chi connectivity index (χ0v) is 12.7. The van der Waals surface area contributed by atoms with Gasteiger partial charge < -0.3 is 16.0 Å². The van der Waals surface area contributed by atoms with Crippen molar-refractivity contribution < 1.29 is 9.59 Å². The number of rotatable bonds is 3. The van der Waals surface area contributed by atoms with Crippen LogP contribution in [0.25, 0.3) is 0 Å². The number of hydrogen-bond donors (Lipinski definition) is 3. The van der Waals surface area contributed by atoms with Crippen LogP contribution in [0, 0.1) is 0 Å². The van der Waals surface area contributed by atoms with Gasteiger partial charge in [0.15, 0.2) is 0 Å². The highest BCUT2D eigenvalue weighted by Gasteiger charge is 2.36. The second kappa shape index (κ2) is 6.81. The zero-order valence-electron chi connectivity index (χ0n) is 12.7. The third kappa shape index (κ3) is 3.40. The standard InChI is InChI=1S/C17H23N3O2/c21-16-15(14(11-18-16)12-7-3-1-4-8-12)20-17(22)19-13-9-5-2-6-10-13/h1,3-4,7-8,13-15H,2,5-6,9-11H2,(H,18,21)(H2,19,20,22)/t14-,15-/m0/s1. The number of benzene rings is 1. The quantitative estimate of drug-likeness (QED) is 0.798. The average molecular weight is 301 g/mol. The molecule has 1 heterocycles. The highest BCUT2D eigenvalue weighted by molar-refractivity contribution is 5.90. The van der Waals surface area contributed by atoms with E-state index in [-0.39, 0.29) is 23.9 Å². The van der Waals surface area contributed by atoms with Crippen molar-refractivity contribution in [1.29, 1.82) is 0 Å². The summed E-state index contributed by atoms with van der Waals surface area (Å²) in [6.45, 7) is 0.567. The van der Waals surface area contributed by atoms with Gasteiger partial charge in [-0.3, -0.25) is 4.79 Å². The second-order valence-corrected chi connectivity index (χ2v) is 6.19. The van der Waals surface area contributed by atoms with Crippen LogP contribution in [0.3, 0.4) is 0 Å². The Morgan fingerprint density at radius 2 is 1.77 bits per heavy atom. The molecule has 3 N–H and O–H groups in total. The summed E-state index contributed by atoms with van der Waals surface area (Å²) < 4.78 is 0. The maximum absolute atomic E-state index is 12.2. The Hall–Kier alpha value is -2.04. The van der Waals surface area contributed by atoms with Crippen LogP contribution >= 0.6 is 0 Å². The normalized spacial score (nSPS) is 25.5. The Morgan fingerprint density at radius 3 is 2.50 bits per heavy atom. The largest absolute Gasteiger partial charge is 0.354 e. The first kappa shape index (κ1) is 14.9. The van der Waals surface area contributed by atoms with E-state index < -0.39 is 6.04 Å². The highest BCUT2D eigenvalue weighted by Crippen LogP contribution is 2.23. The van der Waals surface area contributed by atoms with Gasteiger partial charge in [-0.2, -0.15) is 0 Å². The molecule has 3 rings (SSSR count). The van der Waals surface area contributed by atoms with Crippen molar-refractivity contribution in [2.45, 2.75) is 50.1 Å². The fraction of sp³-hybridized carbons (Fsp3) is 0.529. The number of nitrogens with one attached hydrogen (secondary N) is 3. The van der Waals surface area contributed by atoms with E-state index in [0.717, 1.165) is 18.4 Å². The number of hydrogen-bond acceptors (Lipinski definition) is 2. The molecule has 118 valence electrons. The molecule has 3 amide bonds. The topological polar surface area (TPSA) is 70.2 Å². The molecule has 0 unspecified atom stereocenters. The van der Waals surface area contributed by atoms with Crippen LogP contribution in [0.15, 0.2) is 30.3 Å². The van der Waals surface area contributed by atoms with E-state index in [4.69, 9.17) is 0 Å². The first-order valence-corrected chi connectivity index (χ1v) is 8.14. The van der Waals surface area contributed by atoms with Gasteiger partial charge in [0, 0.05) is 18.5 Å². The first-order chi connectivity index (χ1) is 10.7. The Balaban J connectivity index is 1.61. The SMILES string of the molecule is O=C(NC1CCCCC1)N[C@@H]1C(=O)NC[C@H]1c1ccccc1. The lowest BCUT2D eigenvalue weighted by Crippen LogP contribution is -2.50. The van der Waals surface area contributed by atoms with Gasteiger partial charge in [-0.25, -0.2) is 4.79 Å². The summed E-state index contributed by atoms with van der Waals surface area (Å²) in [5.41, 5.74) is 1.07. The predicted molar refractivity (Wildman–Crippen MR) is 84.5 cm³/mol. The number of urea groups is 1. The minimum absolute atomic E-state index is 0.00851. The summed E-state index contributed by atoms with van der Waals surface area (Å²) >= 11 is 0. The maximum Gasteiger partial charge on any atom is 0.315 e. The van der Waals surface area contributed by atoms with Gasteiger partial charge in [0.1, 0.15) is 6.04 Å². The molecule has 5 nitrogen and oxygen atoms in total. The van der Waals surface area contributed by atoms with Gasteiger partial charge in [0.05, 0.1) is 0 Å². The van der Waals surface area contributed by atoms with Gasteiger partial charge in [0.25, 0.3) is 0 Å². The van der Waals surface area contributed by atoms with Gasteiger partial charge in [-0.1, -0.05) is 49.6 Å². The molecule has 2 atom stereocenters. The molecule has 0 spiro atoms. The van der Waals surface area contributed by atoms with Crippen LogP contribution in [-0.2, 0) is 4.79 Å². The molecule has 0 bridgehead atoms. The van der Waals surface area contributed by atoms with Crippen molar-refractivity contribution in [1.82, 2.24) is 16.0 Å². The smallest absolute Gasteiger partial charge is 0.315 e. The summed E-state index contributed by atoms with van der Waals surface area (Å²) in [7, 11) is 0. The Morgan fingerprint density at radius 1 is 1.05 bits per heavy atom. The van der Waals surface area contributed by atoms with E-state index in [9.17, 15) is 9.59 Å². The van der Waals surface area contributed by atoms with Crippen LogP contribution in [0.2, 0.25) is 0 Å². The van der Waals surface area contributed by atoms with Crippen LogP contribution in [0.4, 0.5) is 4.79 Å². The lowest BCUT2D eigenvalue weighted by molar-refractivity contribution is -0.120. The molecular weight excluding hydrogens is 278 g/mol. The van der Waals surface area contributed by atoms with E-state index in [2.05, 4.69) is 16.0 Å². The summed E-state index contributed by atoms with van der Waals surface area (Å²) in [5.74, 6) is -0.113. The monoisotopic (exact) mass is 301 g/mol. The molecule has 1 saturated carbocycles. The minimum atomic E-state index is -0.494. The van der Waals surface area contributed by atoms with Crippen LogP contribution in [-0.4, -0.2) is 30.6 Å². The van der Waals surface area contributed by atoms with E-state index in [1.807, 2.05) is 30.3 Å². The third-order valence-electron chi connectivity index (χ3n) is 4.64. The molecule has 0 radical (unpaired) electrons. The summed E-state index contributed by atoms with van der Waals surface area (Å²) in [6.07, 6.45) is 5.66. The fourth-order valence-corrected chi connectivity index (χ4v) is 3.41. The van der Waals surface area contributed by atoms with Crippen LogP contribution in [0.5, 0.6) is 0 Å². The Kier molecular flexibility index (Phi) is 4.61. The molecule has 1 aromatic carbocycles. The molecule has 1 aliphatic heterocycles. The summed E-state index contributed by atoms with van der Waals surface area (Å²) in [4.78, 5) is 24.2. The predicted octanol–water partition coefficient (Wildman–Crippen LogP) is 1.90. The van der Waals surface area contributed by atoms with E-state index in [1.165, 1.54) is 19.3 Å². The Labute approximate surface area is 130 Å². The Bertz CT molecular complexity index is 526. The van der Waals surface area contributed by atoms with Gasteiger partial charge in [-0.15, -0.1) is 0 Å². The molecule has 1 aliphatic carbocycles. The summed E-state index contributed by atoms with van der Waals surface area (Å²) in [6, 6.07) is 9.38. The van der Waals surface area contributed by atoms with E-state index in [1.54, 1.807) is 0 Å². The van der Waals surface area contributed by atoms with Crippen molar-refractivity contribution in [3.05, 3.63) is 35.9 Å². The first-order valence-electron chi connectivity index (χ1n) is 8.14. The fourth-order valence-electron chi connectivity index (χ4n) is 3.41. The maximum atomic E-state index is 12.2. The minimum Gasteiger partial charge on any atom is -0.354 e. The lowest BCUT2D eigenvalue weighted by Gasteiger charge is -2.25. The third-order valence-corrected chi connectivity index (χ3v) is 4.64. The van der Waals surface area contributed by atoms with Crippen molar-refractivity contribution >= 4 is 11.9 Å². The van der Waals surface area contributed by atoms with E-state index >= 15 is 0 Å². The molecule has 2 fully saturated rings. The molecular formula is C17H23N3O2. The number of amides is 3. The van der Waals surface area contributed by atoms with Gasteiger partial charge >= 0.3 is 6.03 Å². The zero-order chi connectivity index (χ0) is 15.4. The van der Waals surface area contributed by atoms with Crippen molar-refractivity contribution in [2.75, 3.05) is 6.54 Å². The van der Waals surface area contributed by atoms with Crippen molar-refractivity contribution in [3.63, 3.8) is 0 Å². The number of carbonyl (C=O) groups is 2. The lowest BCUT2D eigenvalue weighted by atomic mass is 9.94. The number of carbonyl (C=O) groups excluding carboxylic acids is 2. The molecule has 5 heteroatoms. The van der Waals surface area contributed by atoms with Crippen molar-refractivity contribution in [2.24, 2.45) is 0 Å². The molecule has 22 heavy (non-hydrogen) atoms. The van der Waals surface area contributed by atoms with E-state index in [0.29, 0.717) is 6.54 Å². The molecule has 1 saturated heterocycles. The van der Waals surface area contributed by atoms with Crippen LogP contribution in [0.1, 0.15) is 43.6 Å².